The molecule has 3 rings (SSSR count). The maximum absolute atomic E-state index is 13.5. The highest BCUT2D eigenvalue weighted by Gasteiger charge is 2.53. The Morgan fingerprint density at radius 2 is 0.686 bits per heavy atom. The molecule has 0 radical (unpaired) electrons. The Bertz CT molecular complexity index is 2370. The molecule has 3 saturated heterocycles. The summed E-state index contributed by atoms with van der Waals surface area (Å²) in [5.41, 5.74) is 0. The monoisotopic (exact) mass is 1440 g/mol. The number of nitrogens with one attached hydrogen (secondary N) is 1. The summed E-state index contributed by atoms with van der Waals surface area (Å²) in [4.78, 5) is 13.5. The van der Waals surface area contributed by atoms with Crippen molar-refractivity contribution in [2.45, 2.75) is 356 Å². The van der Waals surface area contributed by atoms with Crippen molar-refractivity contribution in [2.24, 2.45) is 0 Å². The van der Waals surface area contributed by atoms with E-state index in [4.69, 9.17) is 28.4 Å². The Kier molecular flexibility index (Phi) is 56.0. The van der Waals surface area contributed by atoms with E-state index in [2.05, 4.69) is 141 Å². The number of aliphatic hydroxyl groups excluding tert-OH is 11. The Morgan fingerprint density at radius 3 is 1.10 bits per heavy atom. The molecule has 3 heterocycles. The number of unbranched alkanes of at least 4 members (excludes halogenated alkanes) is 24. The zero-order valence-corrected chi connectivity index (χ0v) is 62.3. The van der Waals surface area contributed by atoms with Gasteiger partial charge >= 0.3 is 0 Å². The summed E-state index contributed by atoms with van der Waals surface area (Å²) in [6.07, 6.45) is 61.4. The maximum atomic E-state index is 13.5. The minimum absolute atomic E-state index is 0.218. The molecule has 1 amide bonds. The number of ether oxygens (including phenoxy) is 6. The molecule has 0 aromatic rings. The fraction of sp³-hybridized carbons (Fsp3) is 0.723. The van der Waals surface area contributed by atoms with Crippen molar-refractivity contribution in [3.05, 3.63) is 134 Å². The number of carbonyl (C=O) groups excluding carboxylic acids is 1. The molecule has 0 spiro atoms. The van der Waals surface area contributed by atoms with E-state index in [1.54, 1.807) is 6.08 Å². The third kappa shape index (κ3) is 41.7. The van der Waals surface area contributed by atoms with Gasteiger partial charge in [0, 0.05) is 6.42 Å². The molecular formula is C83H139NO18. The summed E-state index contributed by atoms with van der Waals surface area (Å²) >= 11 is 0. The van der Waals surface area contributed by atoms with Gasteiger partial charge in [0.2, 0.25) is 5.91 Å². The second-order valence-corrected chi connectivity index (χ2v) is 27.4. The van der Waals surface area contributed by atoms with Crippen LogP contribution >= 0.6 is 0 Å². The second kappa shape index (κ2) is 62.0. The highest BCUT2D eigenvalue weighted by Crippen LogP contribution is 2.33. The van der Waals surface area contributed by atoms with Gasteiger partial charge in [-0.25, -0.2) is 0 Å². The van der Waals surface area contributed by atoms with Crippen LogP contribution in [0.1, 0.15) is 251 Å². The first-order valence-electron chi connectivity index (χ1n) is 39.4. The SMILES string of the molecule is CC/C=C\C/C=C\C/C=C\C/C=C\C/C=C\C/C=C\C/C=C\C/C=C\CCCCCCCCCCCCC(=O)NC(COC1OC(CO)C(OC2OC(CO)C(OC3OC(CO)C(O)C(O)C3O)C(O)C2O)C(O)C1O)C(O)/C=C/CC/C=C/CC/C=C/CCCCCCCCCCCCCC. The molecule has 0 aromatic heterocycles. The maximum Gasteiger partial charge on any atom is 0.220 e. The first-order chi connectivity index (χ1) is 49.8. The van der Waals surface area contributed by atoms with E-state index in [1.807, 2.05) is 6.08 Å². The quantitative estimate of drug-likeness (QED) is 0.0199. The molecule has 0 saturated carbocycles. The zero-order chi connectivity index (χ0) is 73.9. The molecule has 584 valence electrons. The molecule has 0 bridgehead atoms. The van der Waals surface area contributed by atoms with Crippen molar-refractivity contribution in [3.8, 4) is 0 Å². The Morgan fingerprint density at radius 1 is 0.363 bits per heavy atom. The minimum atomic E-state index is -1.99. The summed E-state index contributed by atoms with van der Waals surface area (Å²) < 4.78 is 34.4. The summed E-state index contributed by atoms with van der Waals surface area (Å²) in [7, 11) is 0. The molecular weight excluding hydrogens is 1300 g/mol. The average molecular weight is 1440 g/mol. The minimum Gasteiger partial charge on any atom is -0.394 e. The fourth-order valence-corrected chi connectivity index (χ4v) is 12.4. The molecule has 19 nitrogen and oxygen atoms in total. The van der Waals surface area contributed by atoms with Gasteiger partial charge in [0.1, 0.15) is 73.2 Å². The zero-order valence-electron chi connectivity index (χ0n) is 62.3. The molecule has 0 aromatic carbocycles. The third-order valence-corrected chi connectivity index (χ3v) is 18.7. The van der Waals surface area contributed by atoms with E-state index in [0.29, 0.717) is 12.8 Å². The number of rotatable bonds is 60. The number of hydrogen-bond donors (Lipinski definition) is 12. The Balaban J connectivity index is 1.39. The summed E-state index contributed by atoms with van der Waals surface area (Å²) in [5.74, 6) is -0.299. The van der Waals surface area contributed by atoms with Crippen LogP contribution in [0.25, 0.3) is 0 Å². The van der Waals surface area contributed by atoms with E-state index < -0.39 is 124 Å². The molecule has 3 fully saturated rings. The first-order valence-corrected chi connectivity index (χ1v) is 39.4. The van der Waals surface area contributed by atoms with E-state index >= 15 is 0 Å². The van der Waals surface area contributed by atoms with Crippen molar-refractivity contribution >= 4 is 5.91 Å². The largest absolute Gasteiger partial charge is 0.394 e. The smallest absolute Gasteiger partial charge is 0.220 e. The van der Waals surface area contributed by atoms with E-state index in [-0.39, 0.29) is 18.9 Å². The van der Waals surface area contributed by atoms with Crippen molar-refractivity contribution in [1.82, 2.24) is 5.32 Å². The standard InChI is InChI=1S/C83H139NO18/c1-3-5-7-9-11-13-15-17-19-21-23-25-27-28-29-30-31-32-33-34-35-36-37-38-39-41-43-45-47-49-51-53-55-57-59-61-71(89)84-66(67(88)60-58-56-54-52-50-48-46-44-42-40-26-24-22-20-18-16-14-12-10-8-6-4-2)65-97-81-77(95)74(92)79(69(63-86)99-81)102-83-78(96)75(93)80(70(64-87)100-83)101-82-76(94)73(91)72(90)68(62-85)98-82/h5,7,11,13,17,19,23,25,28-29,31-32,34-35,37-38,42,44,50,52,58,60,66-70,72-83,85-88,90-96H,3-4,6,8-10,12,14-16,18,20-22,24,26-27,30,33,36,39-41,43,45-49,51,53-57,59,61-65H2,1-2H3,(H,84,89)/b7-5-,13-11-,19-17-,25-23-,29-28-,32-31-,35-34-,38-37-,44-42+,52-50+,60-58+. The molecule has 19 heteroatoms. The molecule has 102 heavy (non-hydrogen) atoms. The second-order valence-electron chi connectivity index (χ2n) is 27.4. The number of amides is 1. The van der Waals surface area contributed by atoms with Crippen LogP contribution in [0.5, 0.6) is 0 Å². The van der Waals surface area contributed by atoms with Crippen LogP contribution in [0.3, 0.4) is 0 Å². The van der Waals surface area contributed by atoms with Crippen molar-refractivity contribution in [2.75, 3.05) is 26.4 Å². The van der Waals surface area contributed by atoms with E-state index in [0.717, 1.165) is 109 Å². The summed E-state index contributed by atoms with van der Waals surface area (Å²) in [5, 5.41) is 121. The summed E-state index contributed by atoms with van der Waals surface area (Å²) in [6, 6.07) is -1.01. The third-order valence-electron chi connectivity index (χ3n) is 18.7. The van der Waals surface area contributed by atoms with E-state index in [9.17, 15) is 61.0 Å². The lowest BCUT2D eigenvalue weighted by Crippen LogP contribution is -2.66. The average Bonchev–Trinajstić information content (AvgIpc) is 0.781. The predicted molar refractivity (Wildman–Crippen MR) is 406 cm³/mol. The lowest BCUT2D eigenvalue weighted by molar-refractivity contribution is -0.379. The van der Waals surface area contributed by atoms with Gasteiger partial charge in [-0.05, 0) is 109 Å². The van der Waals surface area contributed by atoms with Gasteiger partial charge in [0.15, 0.2) is 18.9 Å². The normalized spacial score (nSPS) is 26.9. The Labute approximate surface area is 613 Å². The molecule has 3 aliphatic heterocycles. The fourth-order valence-electron chi connectivity index (χ4n) is 12.4. The molecule has 12 N–H and O–H groups in total. The molecule has 3 aliphatic rings. The Hall–Kier alpha value is -4.07. The van der Waals surface area contributed by atoms with Gasteiger partial charge in [-0.1, -0.05) is 270 Å². The predicted octanol–water partition coefficient (Wildman–Crippen LogP) is 12.9. The van der Waals surface area contributed by atoms with Crippen LogP contribution in [0.4, 0.5) is 0 Å². The van der Waals surface area contributed by atoms with Gasteiger partial charge in [0.25, 0.3) is 0 Å². The van der Waals surface area contributed by atoms with Crippen LogP contribution in [0.2, 0.25) is 0 Å². The van der Waals surface area contributed by atoms with Crippen LogP contribution in [-0.2, 0) is 33.2 Å². The van der Waals surface area contributed by atoms with Crippen LogP contribution < -0.4 is 5.32 Å². The summed E-state index contributed by atoms with van der Waals surface area (Å²) in [6.45, 7) is 1.59. The highest BCUT2D eigenvalue weighted by molar-refractivity contribution is 5.76. The van der Waals surface area contributed by atoms with E-state index in [1.165, 1.54) is 109 Å². The lowest BCUT2D eigenvalue weighted by atomic mass is 9.96. The van der Waals surface area contributed by atoms with Gasteiger partial charge in [-0.15, -0.1) is 0 Å². The topological polar surface area (TPSA) is 307 Å². The first kappa shape index (κ1) is 92.1. The van der Waals surface area contributed by atoms with Crippen molar-refractivity contribution in [3.63, 3.8) is 0 Å². The number of aliphatic hydroxyl groups is 11. The number of allylic oxidation sites excluding steroid dienone is 21. The lowest BCUT2D eigenvalue weighted by Gasteiger charge is -2.48. The highest BCUT2D eigenvalue weighted by atomic mass is 16.8. The van der Waals surface area contributed by atoms with Gasteiger partial charge in [0.05, 0.1) is 38.6 Å². The number of hydrogen-bond acceptors (Lipinski definition) is 18. The van der Waals surface area contributed by atoms with Crippen LogP contribution in [0, 0.1) is 0 Å². The van der Waals surface area contributed by atoms with Crippen molar-refractivity contribution < 1.29 is 89.4 Å². The van der Waals surface area contributed by atoms with Gasteiger partial charge in [-0.3, -0.25) is 4.79 Å². The van der Waals surface area contributed by atoms with Crippen molar-refractivity contribution in [1.29, 1.82) is 0 Å². The molecule has 0 aliphatic carbocycles. The molecule has 17 unspecified atom stereocenters. The number of carbonyl (C=O) groups is 1. The van der Waals surface area contributed by atoms with Gasteiger partial charge < -0.3 is 89.9 Å². The van der Waals surface area contributed by atoms with Crippen LogP contribution in [0.15, 0.2) is 134 Å². The molecule has 17 atom stereocenters. The van der Waals surface area contributed by atoms with Crippen LogP contribution in [-0.4, -0.2) is 193 Å². The van der Waals surface area contributed by atoms with Gasteiger partial charge in [-0.2, -0.15) is 0 Å².